The van der Waals surface area contributed by atoms with Crippen LogP contribution in [-0.2, 0) is 16.6 Å². The van der Waals surface area contributed by atoms with E-state index in [2.05, 4.69) is 30.6 Å². The average molecular weight is 461 g/mol. The van der Waals surface area contributed by atoms with Crippen molar-refractivity contribution in [2.45, 2.75) is 10.8 Å². The van der Waals surface area contributed by atoms with Gasteiger partial charge in [0.05, 0.1) is 10.5 Å². The molecular weight excluding hydrogens is 450 g/mol. The van der Waals surface area contributed by atoms with Crippen molar-refractivity contribution in [3.8, 4) is 5.88 Å². The van der Waals surface area contributed by atoms with E-state index in [4.69, 9.17) is 16.3 Å². The molecule has 0 bridgehead atoms. The molecule has 2 heterocycles. The van der Waals surface area contributed by atoms with Gasteiger partial charge in [0.15, 0.2) is 0 Å². The summed E-state index contributed by atoms with van der Waals surface area (Å²) in [6, 6.07) is 12.4. The number of anilines is 1. The van der Waals surface area contributed by atoms with Crippen LogP contribution >= 0.6 is 38.9 Å². The normalized spacial score (nSPS) is 11.3. The lowest BCUT2D eigenvalue weighted by molar-refractivity contribution is 0.294. The third-order valence-electron chi connectivity index (χ3n) is 2.97. The van der Waals surface area contributed by atoms with Gasteiger partial charge in [0, 0.05) is 0 Å². The number of halogens is 2. The number of nitrogens with zero attached hydrogens (tertiary/aromatic N) is 2. The summed E-state index contributed by atoms with van der Waals surface area (Å²) in [7, 11) is -3.82. The van der Waals surface area contributed by atoms with Gasteiger partial charge in [0.1, 0.15) is 15.4 Å². The van der Waals surface area contributed by atoms with E-state index in [0.717, 1.165) is 16.9 Å². The van der Waals surface area contributed by atoms with Crippen LogP contribution in [0.2, 0.25) is 4.34 Å². The average Bonchev–Trinajstić information content (AvgIpc) is 3.03. The second-order valence-electron chi connectivity index (χ2n) is 4.78. The summed E-state index contributed by atoms with van der Waals surface area (Å²) in [5.41, 5.74) is 0.920. The van der Waals surface area contributed by atoms with E-state index in [-0.39, 0.29) is 22.5 Å². The molecule has 0 radical (unpaired) electrons. The molecule has 0 aliphatic rings. The molecule has 0 saturated heterocycles. The van der Waals surface area contributed by atoms with E-state index < -0.39 is 10.0 Å². The lowest BCUT2D eigenvalue weighted by Crippen LogP contribution is -2.14. The summed E-state index contributed by atoms with van der Waals surface area (Å²) >= 11 is 9.96. The van der Waals surface area contributed by atoms with E-state index in [1.54, 1.807) is 0 Å². The van der Waals surface area contributed by atoms with Gasteiger partial charge in [-0.15, -0.1) is 11.3 Å². The Hall–Kier alpha value is -1.68. The molecule has 0 aliphatic heterocycles. The SMILES string of the molecule is O=S(=O)(Nc1ncc(Br)nc1OCc1ccccc1)c1ccc(Cl)s1. The Balaban J connectivity index is 1.84. The van der Waals surface area contributed by atoms with E-state index >= 15 is 0 Å². The molecule has 6 nitrogen and oxygen atoms in total. The van der Waals surface area contributed by atoms with Crippen molar-refractivity contribution in [1.29, 1.82) is 0 Å². The third-order valence-corrected chi connectivity index (χ3v) is 6.42. The van der Waals surface area contributed by atoms with Gasteiger partial charge >= 0.3 is 0 Å². The fourth-order valence-corrected chi connectivity index (χ4v) is 4.62. The molecule has 130 valence electrons. The maximum atomic E-state index is 12.4. The number of nitrogens with one attached hydrogen (secondary N) is 1. The summed E-state index contributed by atoms with van der Waals surface area (Å²) < 4.78 is 33.8. The first kappa shape index (κ1) is 18.1. The molecule has 0 unspecified atom stereocenters. The minimum absolute atomic E-state index is 0.00338. The van der Waals surface area contributed by atoms with Gasteiger partial charge in [-0.05, 0) is 33.6 Å². The zero-order valence-corrected chi connectivity index (χ0v) is 16.5. The van der Waals surface area contributed by atoms with Gasteiger partial charge in [0.2, 0.25) is 5.82 Å². The molecule has 0 spiro atoms. The van der Waals surface area contributed by atoms with E-state index in [9.17, 15) is 8.42 Å². The van der Waals surface area contributed by atoms with Gasteiger partial charge in [-0.2, -0.15) is 0 Å². The number of hydrogen-bond donors (Lipinski definition) is 1. The standard InChI is InChI=1S/C15H11BrClN3O3S2/c16-11-8-18-14(20-25(21,22)13-7-6-12(17)24-13)15(19-11)23-9-10-4-2-1-3-5-10/h1-8H,9H2,(H,18,20). The van der Waals surface area contributed by atoms with Crippen molar-refractivity contribution >= 4 is 54.7 Å². The van der Waals surface area contributed by atoms with Crippen LogP contribution in [0.3, 0.4) is 0 Å². The van der Waals surface area contributed by atoms with Crippen molar-refractivity contribution in [2.75, 3.05) is 4.72 Å². The van der Waals surface area contributed by atoms with Crippen LogP contribution in [0, 0.1) is 0 Å². The van der Waals surface area contributed by atoms with Crippen LogP contribution in [0.15, 0.2) is 57.5 Å². The number of hydrogen-bond acceptors (Lipinski definition) is 6. The Morgan fingerprint density at radius 3 is 2.64 bits per heavy atom. The van der Waals surface area contributed by atoms with E-state index in [1.807, 2.05) is 30.3 Å². The van der Waals surface area contributed by atoms with Gasteiger partial charge in [0.25, 0.3) is 15.9 Å². The molecule has 1 aromatic carbocycles. The molecule has 2 aromatic heterocycles. The topological polar surface area (TPSA) is 81.2 Å². The monoisotopic (exact) mass is 459 g/mol. The highest BCUT2D eigenvalue weighted by Gasteiger charge is 2.21. The summed E-state index contributed by atoms with van der Waals surface area (Å²) in [5.74, 6) is 0.0770. The summed E-state index contributed by atoms with van der Waals surface area (Å²) in [6.07, 6.45) is 1.38. The minimum atomic E-state index is -3.82. The first-order valence-electron chi connectivity index (χ1n) is 6.91. The smallest absolute Gasteiger partial charge is 0.272 e. The Morgan fingerprint density at radius 1 is 1.20 bits per heavy atom. The lowest BCUT2D eigenvalue weighted by Gasteiger charge is -2.11. The predicted molar refractivity (Wildman–Crippen MR) is 101 cm³/mol. The molecule has 0 fully saturated rings. The summed E-state index contributed by atoms with van der Waals surface area (Å²) in [6.45, 7) is 0.228. The maximum Gasteiger partial charge on any atom is 0.272 e. The Bertz CT molecular complexity index is 981. The third kappa shape index (κ3) is 4.69. The summed E-state index contributed by atoms with van der Waals surface area (Å²) in [5, 5.41) is 0. The molecule has 25 heavy (non-hydrogen) atoms. The molecule has 10 heteroatoms. The zero-order chi connectivity index (χ0) is 17.9. The van der Waals surface area contributed by atoms with Crippen molar-refractivity contribution in [3.05, 3.63) is 63.2 Å². The van der Waals surface area contributed by atoms with E-state index in [0.29, 0.717) is 8.94 Å². The fraction of sp³-hybridized carbons (Fsp3) is 0.0667. The van der Waals surface area contributed by atoms with E-state index in [1.165, 1.54) is 18.3 Å². The molecule has 0 atom stereocenters. The van der Waals surface area contributed by atoms with Gasteiger partial charge in [-0.25, -0.2) is 18.4 Å². The molecule has 3 aromatic rings. The molecule has 0 saturated carbocycles. The molecular formula is C15H11BrClN3O3S2. The number of ether oxygens (including phenoxy) is 1. The van der Waals surface area contributed by atoms with Crippen LogP contribution in [0.5, 0.6) is 5.88 Å². The highest BCUT2D eigenvalue weighted by molar-refractivity contribution is 9.10. The zero-order valence-electron chi connectivity index (χ0n) is 12.5. The second-order valence-corrected chi connectivity index (χ2v) is 9.22. The van der Waals surface area contributed by atoms with Crippen LogP contribution in [0.1, 0.15) is 5.56 Å². The minimum Gasteiger partial charge on any atom is -0.470 e. The van der Waals surface area contributed by atoms with Crippen LogP contribution in [-0.4, -0.2) is 18.4 Å². The van der Waals surface area contributed by atoms with Crippen molar-refractivity contribution in [3.63, 3.8) is 0 Å². The highest BCUT2D eigenvalue weighted by atomic mass is 79.9. The first-order valence-corrected chi connectivity index (χ1v) is 10.4. The van der Waals surface area contributed by atoms with Gasteiger partial charge < -0.3 is 4.74 Å². The number of benzene rings is 1. The molecule has 1 N–H and O–H groups in total. The number of thiophene rings is 1. The highest BCUT2D eigenvalue weighted by Crippen LogP contribution is 2.29. The van der Waals surface area contributed by atoms with Crippen molar-refractivity contribution < 1.29 is 13.2 Å². The first-order chi connectivity index (χ1) is 11.9. The summed E-state index contributed by atoms with van der Waals surface area (Å²) in [4.78, 5) is 8.21. The predicted octanol–water partition coefficient (Wildman–Crippen LogP) is 4.33. The number of sulfonamides is 1. The maximum absolute atomic E-state index is 12.4. The number of aromatic nitrogens is 2. The Labute approximate surface area is 162 Å². The van der Waals surface area contributed by atoms with Crippen LogP contribution < -0.4 is 9.46 Å². The lowest BCUT2D eigenvalue weighted by atomic mass is 10.2. The number of rotatable bonds is 6. The fourth-order valence-electron chi connectivity index (χ4n) is 1.87. The second kappa shape index (κ2) is 7.69. The van der Waals surface area contributed by atoms with Crippen LogP contribution in [0.4, 0.5) is 5.82 Å². The van der Waals surface area contributed by atoms with Crippen molar-refractivity contribution in [1.82, 2.24) is 9.97 Å². The van der Waals surface area contributed by atoms with Crippen LogP contribution in [0.25, 0.3) is 0 Å². The van der Waals surface area contributed by atoms with Gasteiger partial charge in [-0.1, -0.05) is 41.9 Å². The molecule has 3 rings (SSSR count). The van der Waals surface area contributed by atoms with Gasteiger partial charge in [-0.3, -0.25) is 4.72 Å². The molecule has 0 amide bonds. The van der Waals surface area contributed by atoms with Crippen molar-refractivity contribution in [2.24, 2.45) is 0 Å². The quantitative estimate of drug-likeness (QED) is 0.592. The largest absolute Gasteiger partial charge is 0.470 e. The Morgan fingerprint density at radius 2 is 1.96 bits per heavy atom. The Kier molecular flexibility index (Phi) is 5.57. The molecule has 0 aliphatic carbocycles.